The van der Waals surface area contributed by atoms with Gasteiger partial charge in [-0.3, -0.25) is 14.5 Å². The molecule has 1 amide bonds. The monoisotopic (exact) mass is 623 g/mol. The third-order valence-corrected chi connectivity index (χ3v) is 8.22. The molecule has 4 atom stereocenters. The molecule has 0 bridgehead atoms. The lowest BCUT2D eigenvalue weighted by Crippen LogP contribution is -2.44. The van der Waals surface area contributed by atoms with E-state index in [4.69, 9.17) is 10.6 Å². The number of amides is 1. The van der Waals surface area contributed by atoms with Crippen LogP contribution in [-0.2, 0) is 22.7 Å². The molecule has 1 saturated carbocycles. The Balaban J connectivity index is 0.00000119. The number of hydroxylamine groups is 2. The first-order valence-corrected chi connectivity index (χ1v) is 17.2. The molecule has 1 aromatic carbocycles. The van der Waals surface area contributed by atoms with Gasteiger partial charge in [0.15, 0.2) is 0 Å². The van der Waals surface area contributed by atoms with Crippen LogP contribution < -0.4 is 5.73 Å². The number of likely N-dealkylation sites (N-methyl/N-ethyl adjacent to an activating group) is 1. The van der Waals surface area contributed by atoms with Crippen molar-refractivity contribution in [3.8, 4) is 0 Å². The Bertz CT molecular complexity index is 867. The number of hydrogen-bond donors (Lipinski definition) is 3. The number of carbonyl (C=O) groups is 1. The normalized spacial score (nSPS) is 22.9. The maximum absolute atomic E-state index is 12.0. The Morgan fingerprint density at radius 3 is 2.18 bits per heavy atom. The summed E-state index contributed by atoms with van der Waals surface area (Å²) in [4.78, 5) is 22.4. The van der Waals surface area contributed by atoms with Crippen LogP contribution in [0.2, 0.25) is 0 Å². The van der Waals surface area contributed by atoms with Gasteiger partial charge in [-0.1, -0.05) is 99.4 Å². The van der Waals surface area contributed by atoms with Gasteiger partial charge in [-0.2, -0.15) is 5.06 Å². The lowest BCUT2D eigenvalue weighted by Gasteiger charge is -2.33. The van der Waals surface area contributed by atoms with Gasteiger partial charge in [-0.25, -0.2) is 0 Å². The third-order valence-electron chi connectivity index (χ3n) is 8.22. The van der Waals surface area contributed by atoms with E-state index in [1.54, 1.807) is 0 Å². The minimum Gasteiger partial charge on any atom is -0.396 e. The number of nitrogens with zero attached hydrogens (tertiary/aromatic N) is 3. The summed E-state index contributed by atoms with van der Waals surface area (Å²) in [5.41, 5.74) is 8.42. The minimum atomic E-state index is -0.770. The highest BCUT2D eigenvalue weighted by atomic mass is 16.7. The molecular weight excluding hydrogens is 552 g/mol. The van der Waals surface area contributed by atoms with Crippen molar-refractivity contribution in [2.24, 2.45) is 28.9 Å². The average molecular weight is 623 g/mol. The van der Waals surface area contributed by atoms with Crippen molar-refractivity contribution in [2.75, 3.05) is 46.9 Å². The van der Waals surface area contributed by atoms with Crippen LogP contribution in [0.15, 0.2) is 24.3 Å². The summed E-state index contributed by atoms with van der Waals surface area (Å²) < 4.78 is 0. The van der Waals surface area contributed by atoms with Gasteiger partial charge in [-0.05, 0) is 68.3 Å². The molecule has 258 valence electrons. The van der Waals surface area contributed by atoms with Crippen molar-refractivity contribution in [3.05, 3.63) is 35.4 Å². The highest BCUT2D eigenvalue weighted by molar-refractivity contribution is 5.80. The average Bonchev–Trinajstić information content (AvgIpc) is 3.33. The fourth-order valence-electron chi connectivity index (χ4n) is 6.00. The highest BCUT2D eigenvalue weighted by Gasteiger charge is 2.45. The van der Waals surface area contributed by atoms with Gasteiger partial charge in [-0.15, -0.1) is 0 Å². The molecule has 1 aliphatic heterocycles. The standard InChI is InChI=1S/C23H40N4O4.C9H18.2C2H6/c1-17(2)8-9-26(11-10-25(3)4)13-18-6-5-7-19(12-18)14-27-22(23(24)30)20(15-28)21(16-29)31-27;1-8-5-4-6-9(2,3)7-8;2*1-2/h5-7,12,17,20-22,28-29H,8-11,13-16H2,1-4H3,(H2,24,30);8H,4-7H2,1-3H3;2*1-2H3/t20-,21?,22+;;;/m1.../s1. The Hall–Kier alpha value is -1.55. The van der Waals surface area contributed by atoms with Gasteiger partial charge in [0, 0.05) is 25.6 Å². The van der Waals surface area contributed by atoms with Gasteiger partial charge in [0.2, 0.25) is 5.91 Å². The van der Waals surface area contributed by atoms with Crippen LogP contribution in [0, 0.1) is 23.2 Å². The van der Waals surface area contributed by atoms with Crippen molar-refractivity contribution >= 4 is 5.91 Å². The zero-order valence-corrected chi connectivity index (χ0v) is 30.3. The van der Waals surface area contributed by atoms with E-state index in [0.29, 0.717) is 17.9 Å². The SMILES string of the molecule is CC.CC.CC(C)CCN(CCN(C)C)Cc1cccc(CN2OC(CO)[C@@H](CO)[C@H]2C(N)=O)c1.CC1CCCC(C)(C)C1. The van der Waals surface area contributed by atoms with Crippen molar-refractivity contribution < 1.29 is 19.8 Å². The molecular formula is C36H70N4O4. The zero-order valence-electron chi connectivity index (χ0n) is 30.3. The highest BCUT2D eigenvalue weighted by Crippen LogP contribution is 2.38. The fraction of sp³-hybridized carbons (Fsp3) is 0.806. The van der Waals surface area contributed by atoms with E-state index in [-0.39, 0.29) is 13.2 Å². The fourth-order valence-corrected chi connectivity index (χ4v) is 6.00. The largest absolute Gasteiger partial charge is 0.396 e. The van der Waals surface area contributed by atoms with E-state index in [9.17, 15) is 15.0 Å². The predicted octanol–water partition coefficient (Wildman–Crippen LogP) is 5.94. The third kappa shape index (κ3) is 16.1. The maximum atomic E-state index is 12.0. The smallest absolute Gasteiger partial charge is 0.237 e. The molecule has 2 aliphatic rings. The molecule has 2 unspecified atom stereocenters. The topological polar surface area (TPSA) is 102 Å². The minimum absolute atomic E-state index is 0.272. The summed E-state index contributed by atoms with van der Waals surface area (Å²) in [5, 5.41) is 20.7. The molecule has 8 heteroatoms. The molecule has 4 N–H and O–H groups in total. The summed E-state index contributed by atoms with van der Waals surface area (Å²) in [6.07, 6.45) is 6.31. The number of aliphatic hydroxyl groups excluding tert-OH is 2. The number of primary amides is 1. The summed E-state index contributed by atoms with van der Waals surface area (Å²) in [5.74, 6) is 0.539. The predicted molar refractivity (Wildman–Crippen MR) is 185 cm³/mol. The number of aliphatic hydroxyl groups is 2. The quantitative estimate of drug-likeness (QED) is 0.250. The molecule has 2 fully saturated rings. The molecule has 0 radical (unpaired) electrons. The molecule has 44 heavy (non-hydrogen) atoms. The van der Waals surface area contributed by atoms with E-state index in [2.05, 4.69) is 70.6 Å². The van der Waals surface area contributed by atoms with E-state index in [1.807, 2.05) is 39.8 Å². The summed E-state index contributed by atoms with van der Waals surface area (Å²) in [6.45, 7) is 23.4. The number of carbonyl (C=O) groups excluding carboxylic acids is 1. The lowest BCUT2D eigenvalue weighted by atomic mass is 9.73. The van der Waals surface area contributed by atoms with Crippen LogP contribution in [-0.4, -0.2) is 90.1 Å². The molecule has 0 spiro atoms. The summed E-state index contributed by atoms with van der Waals surface area (Å²) in [7, 11) is 4.18. The molecule has 1 heterocycles. The molecule has 0 aromatic heterocycles. The van der Waals surface area contributed by atoms with Crippen LogP contribution in [0.5, 0.6) is 0 Å². The molecule has 8 nitrogen and oxygen atoms in total. The van der Waals surface area contributed by atoms with E-state index < -0.39 is 24.0 Å². The van der Waals surface area contributed by atoms with Crippen LogP contribution in [0.1, 0.15) is 106 Å². The van der Waals surface area contributed by atoms with Gasteiger partial charge in [0.1, 0.15) is 12.1 Å². The lowest BCUT2D eigenvalue weighted by molar-refractivity contribution is -0.180. The summed E-state index contributed by atoms with van der Waals surface area (Å²) >= 11 is 0. The Morgan fingerprint density at radius 1 is 1.07 bits per heavy atom. The summed E-state index contributed by atoms with van der Waals surface area (Å²) in [6, 6.07) is 7.47. The zero-order chi connectivity index (χ0) is 33.9. The van der Waals surface area contributed by atoms with E-state index in [1.165, 1.54) is 36.3 Å². The first kappa shape index (κ1) is 42.5. The van der Waals surface area contributed by atoms with Crippen LogP contribution in [0.4, 0.5) is 0 Å². The van der Waals surface area contributed by atoms with E-state index >= 15 is 0 Å². The number of hydrogen-bond acceptors (Lipinski definition) is 7. The van der Waals surface area contributed by atoms with Crippen LogP contribution in [0.3, 0.4) is 0 Å². The van der Waals surface area contributed by atoms with Crippen molar-refractivity contribution in [1.29, 1.82) is 0 Å². The van der Waals surface area contributed by atoms with E-state index in [0.717, 1.165) is 44.1 Å². The van der Waals surface area contributed by atoms with Crippen molar-refractivity contribution in [2.45, 2.75) is 120 Å². The Labute approximate surface area is 271 Å². The number of nitrogens with two attached hydrogens (primary N) is 1. The van der Waals surface area contributed by atoms with Gasteiger partial charge < -0.3 is 20.8 Å². The maximum Gasteiger partial charge on any atom is 0.237 e. The van der Waals surface area contributed by atoms with Crippen molar-refractivity contribution in [1.82, 2.24) is 14.9 Å². The van der Waals surface area contributed by atoms with Gasteiger partial charge in [0.25, 0.3) is 0 Å². The second kappa shape index (κ2) is 22.9. The van der Waals surface area contributed by atoms with Crippen molar-refractivity contribution in [3.63, 3.8) is 0 Å². The number of rotatable bonds is 13. The van der Waals surface area contributed by atoms with Crippen LogP contribution >= 0.6 is 0 Å². The Morgan fingerprint density at radius 2 is 1.70 bits per heavy atom. The van der Waals surface area contributed by atoms with Gasteiger partial charge in [0.05, 0.1) is 19.8 Å². The second-order valence-electron chi connectivity index (χ2n) is 13.5. The molecule has 1 aliphatic carbocycles. The van der Waals surface area contributed by atoms with Gasteiger partial charge >= 0.3 is 0 Å². The van der Waals surface area contributed by atoms with Crippen LogP contribution in [0.25, 0.3) is 0 Å². The first-order valence-electron chi connectivity index (χ1n) is 17.2. The first-order chi connectivity index (χ1) is 20.8. The Kier molecular flexibility index (Phi) is 22.1. The molecule has 3 rings (SSSR count). The second-order valence-corrected chi connectivity index (χ2v) is 13.5. The number of benzene rings is 1. The molecule has 1 saturated heterocycles. The molecule has 1 aromatic rings.